The van der Waals surface area contributed by atoms with Gasteiger partial charge in [-0.2, -0.15) is 0 Å². The number of allylic oxidation sites excluding steroid dienone is 4. The lowest BCUT2D eigenvalue weighted by atomic mass is 9.88. The molecule has 0 amide bonds. The molecular weight excluding hydrogens is 402 g/mol. The van der Waals surface area contributed by atoms with E-state index in [1.165, 1.54) is 36.8 Å². The number of hydrogen-bond acceptors (Lipinski definition) is 1. The van der Waals surface area contributed by atoms with Crippen molar-refractivity contribution in [1.29, 1.82) is 0 Å². The van der Waals surface area contributed by atoms with Gasteiger partial charge in [-0.05, 0) is 84.1 Å². The lowest BCUT2D eigenvalue weighted by Gasteiger charge is -2.29. The van der Waals surface area contributed by atoms with Crippen LogP contribution >= 0.6 is 0 Å². The summed E-state index contributed by atoms with van der Waals surface area (Å²) >= 11 is 0. The fraction of sp³-hybridized carbons (Fsp3) is 0.433. The van der Waals surface area contributed by atoms with Crippen molar-refractivity contribution < 1.29 is 0 Å². The smallest absolute Gasteiger partial charge is 0.0479 e. The van der Waals surface area contributed by atoms with E-state index in [0.29, 0.717) is 29.6 Å². The van der Waals surface area contributed by atoms with Gasteiger partial charge in [0.1, 0.15) is 0 Å². The molecule has 2 heteroatoms. The van der Waals surface area contributed by atoms with Crippen molar-refractivity contribution in [3.8, 4) is 0 Å². The summed E-state index contributed by atoms with van der Waals surface area (Å²) in [5, 5.41) is 0. The molecule has 2 aliphatic carbocycles. The zero-order chi connectivity index (χ0) is 22.6. The van der Waals surface area contributed by atoms with E-state index in [1.807, 2.05) is 12.4 Å². The highest BCUT2D eigenvalue weighted by Crippen LogP contribution is 2.49. The molecule has 0 aliphatic heterocycles. The molecule has 2 saturated carbocycles. The van der Waals surface area contributed by atoms with E-state index in [-0.39, 0.29) is 0 Å². The van der Waals surface area contributed by atoms with Gasteiger partial charge >= 0.3 is 0 Å². The normalized spacial score (nSPS) is 31.0. The fourth-order valence-corrected chi connectivity index (χ4v) is 8.63. The van der Waals surface area contributed by atoms with Crippen LogP contribution in [0.3, 0.4) is 0 Å². The molecule has 1 nitrogen and oxygen atoms in total. The molecule has 2 fully saturated rings. The topological polar surface area (TPSA) is 12.9 Å². The molecule has 5 unspecified atom stereocenters. The summed E-state index contributed by atoms with van der Waals surface area (Å²) in [5.41, 5.74) is 3.62. The minimum atomic E-state index is -1.22. The van der Waals surface area contributed by atoms with Crippen LogP contribution in [0.5, 0.6) is 0 Å². The van der Waals surface area contributed by atoms with Crippen molar-refractivity contribution in [2.45, 2.75) is 56.8 Å². The summed E-state index contributed by atoms with van der Waals surface area (Å²) in [7, 11) is -1.22. The molecule has 4 rings (SSSR count). The van der Waals surface area contributed by atoms with Crippen LogP contribution in [-0.4, -0.2) is 13.1 Å². The number of aromatic nitrogens is 1. The zero-order valence-electron chi connectivity index (χ0n) is 20.0. The molecule has 1 aromatic carbocycles. The second kappa shape index (κ2) is 10.2. The zero-order valence-corrected chi connectivity index (χ0v) is 21.0. The van der Waals surface area contributed by atoms with E-state index in [9.17, 15) is 0 Å². The third-order valence-electron chi connectivity index (χ3n) is 7.84. The van der Waals surface area contributed by atoms with Gasteiger partial charge in [0.15, 0.2) is 0 Å². The second-order valence-electron chi connectivity index (χ2n) is 11.0. The van der Waals surface area contributed by atoms with Crippen LogP contribution in [0.1, 0.15) is 42.7 Å². The van der Waals surface area contributed by atoms with E-state index < -0.39 is 8.07 Å². The predicted octanol–water partition coefficient (Wildman–Crippen LogP) is 8.38. The van der Waals surface area contributed by atoms with Crippen molar-refractivity contribution in [3.63, 3.8) is 0 Å². The fourth-order valence-electron chi connectivity index (χ4n) is 6.09. The third kappa shape index (κ3) is 5.59. The first-order valence-electron chi connectivity index (χ1n) is 12.4. The Morgan fingerprint density at radius 1 is 0.812 bits per heavy atom. The molecule has 0 saturated heterocycles. The summed E-state index contributed by atoms with van der Waals surface area (Å²) in [4.78, 5) is 4.23. The van der Waals surface area contributed by atoms with Gasteiger partial charge < -0.3 is 0 Å². The average molecular weight is 442 g/mol. The van der Waals surface area contributed by atoms with Crippen LogP contribution < -0.4 is 0 Å². The number of benzene rings is 1. The van der Waals surface area contributed by atoms with Gasteiger partial charge in [-0.25, -0.2) is 0 Å². The molecule has 32 heavy (non-hydrogen) atoms. The Morgan fingerprint density at radius 3 is 2.22 bits per heavy atom. The number of rotatable bonds is 7. The molecule has 6 atom stereocenters. The molecule has 2 aromatic rings. The van der Waals surface area contributed by atoms with Crippen LogP contribution in [0, 0.1) is 23.7 Å². The monoisotopic (exact) mass is 441 g/mol. The summed E-state index contributed by atoms with van der Waals surface area (Å²) in [6, 6.07) is 15.2. The van der Waals surface area contributed by atoms with Crippen molar-refractivity contribution >= 4 is 14.1 Å². The van der Waals surface area contributed by atoms with Gasteiger partial charge in [0.25, 0.3) is 0 Å². The minimum absolute atomic E-state index is 0.597. The Morgan fingerprint density at radius 2 is 1.53 bits per heavy atom. The summed E-state index contributed by atoms with van der Waals surface area (Å²) < 4.78 is 0. The number of nitrogens with zero attached hydrogens (tertiary/aromatic N) is 1. The summed E-state index contributed by atoms with van der Waals surface area (Å²) in [6.45, 7) is 11.8. The molecule has 0 N–H and O–H groups in total. The van der Waals surface area contributed by atoms with Crippen molar-refractivity contribution in [3.05, 3.63) is 96.9 Å². The van der Waals surface area contributed by atoms with Crippen molar-refractivity contribution in [2.24, 2.45) is 23.7 Å². The average Bonchev–Trinajstić information content (AvgIpc) is 3.41. The molecular formula is C30H39NSi. The maximum atomic E-state index is 4.23. The predicted molar refractivity (Wildman–Crippen MR) is 141 cm³/mol. The first-order chi connectivity index (χ1) is 15.4. The van der Waals surface area contributed by atoms with Crippen LogP contribution in [0.25, 0.3) is 6.08 Å². The highest BCUT2D eigenvalue weighted by molar-refractivity contribution is 6.77. The van der Waals surface area contributed by atoms with Crippen LogP contribution in [0.4, 0.5) is 0 Å². The SMILES string of the molecule is C=C[C@@H]1CC(/C=C/C2CC(/C=C/c3ccccc3)C([Si](C)(C)C)C2)C(c2ccncc2)C1. The molecule has 0 bridgehead atoms. The van der Waals surface area contributed by atoms with E-state index in [4.69, 9.17) is 0 Å². The van der Waals surface area contributed by atoms with Gasteiger partial charge in [0.2, 0.25) is 0 Å². The highest BCUT2D eigenvalue weighted by Gasteiger charge is 2.40. The first kappa shape index (κ1) is 23.0. The Labute approximate surface area is 196 Å². The van der Waals surface area contributed by atoms with Gasteiger partial charge in [-0.15, -0.1) is 6.58 Å². The minimum Gasteiger partial charge on any atom is -0.265 e. The molecule has 2 aliphatic rings. The Bertz CT molecular complexity index is 924. The highest BCUT2D eigenvalue weighted by atomic mass is 28.3. The van der Waals surface area contributed by atoms with Gasteiger partial charge in [0, 0.05) is 20.5 Å². The maximum Gasteiger partial charge on any atom is 0.0479 e. The van der Waals surface area contributed by atoms with E-state index >= 15 is 0 Å². The van der Waals surface area contributed by atoms with E-state index in [2.05, 4.69) is 104 Å². The van der Waals surface area contributed by atoms with E-state index in [1.54, 1.807) is 0 Å². The number of hydrogen-bond donors (Lipinski definition) is 0. The van der Waals surface area contributed by atoms with Crippen LogP contribution in [-0.2, 0) is 0 Å². The Kier molecular flexibility index (Phi) is 7.30. The Hall–Kier alpha value is -2.19. The summed E-state index contributed by atoms with van der Waals surface area (Å²) in [5.74, 6) is 3.25. The lowest BCUT2D eigenvalue weighted by Crippen LogP contribution is -2.30. The quantitative estimate of drug-likeness (QED) is 0.310. The lowest BCUT2D eigenvalue weighted by molar-refractivity contribution is 0.575. The molecule has 1 aromatic heterocycles. The summed E-state index contributed by atoms with van der Waals surface area (Å²) in [6.07, 6.45) is 21.2. The molecule has 0 radical (unpaired) electrons. The first-order valence-corrected chi connectivity index (χ1v) is 16.0. The van der Waals surface area contributed by atoms with Crippen molar-refractivity contribution in [2.75, 3.05) is 0 Å². The number of pyridine rings is 1. The van der Waals surface area contributed by atoms with Crippen LogP contribution in [0.15, 0.2) is 85.7 Å². The Balaban J connectivity index is 1.48. The largest absolute Gasteiger partial charge is 0.265 e. The maximum absolute atomic E-state index is 4.23. The molecule has 168 valence electrons. The van der Waals surface area contributed by atoms with E-state index in [0.717, 1.165) is 5.54 Å². The third-order valence-corrected chi connectivity index (χ3v) is 10.7. The van der Waals surface area contributed by atoms with Gasteiger partial charge in [-0.1, -0.05) is 80.4 Å². The molecule has 1 heterocycles. The van der Waals surface area contributed by atoms with Crippen LogP contribution in [0.2, 0.25) is 25.2 Å². The van der Waals surface area contributed by atoms with Gasteiger partial charge in [0.05, 0.1) is 0 Å². The second-order valence-corrected chi connectivity index (χ2v) is 16.5. The van der Waals surface area contributed by atoms with Gasteiger partial charge in [-0.3, -0.25) is 4.98 Å². The molecule has 0 spiro atoms. The standard InChI is InChI=1S/C30H39NSi/c1-5-23-19-27(29(21-23)26-15-17-31-18-16-26)13-12-25-20-28(30(22-25)32(2,3)4)14-11-24-9-7-6-8-10-24/h5-18,23,25,27-30H,1,19-22H2,2-4H3/b13-12+,14-11+/t23-,25?,27?,28?,29?,30?/m1/s1. The van der Waals surface area contributed by atoms with Crippen molar-refractivity contribution in [1.82, 2.24) is 4.98 Å².